The van der Waals surface area contributed by atoms with Gasteiger partial charge in [-0.3, -0.25) is 10.1 Å². The first kappa shape index (κ1) is 22.8. The first-order valence-corrected chi connectivity index (χ1v) is 10.5. The molecule has 9 nitrogen and oxygen atoms in total. The molecule has 1 heterocycles. The molecule has 1 aliphatic heterocycles. The van der Waals surface area contributed by atoms with Crippen LogP contribution >= 0.6 is 0 Å². The summed E-state index contributed by atoms with van der Waals surface area (Å²) in [5.41, 5.74) is 1.47. The van der Waals surface area contributed by atoms with Crippen molar-refractivity contribution in [3.05, 3.63) is 99.1 Å². The number of hydrogen-bond acceptors (Lipinski definition) is 8. The molecule has 174 valence electrons. The highest BCUT2D eigenvalue weighted by atomic mass is 16.6. The standard InChI is InChI=1S/C25H21NO8/c1-3-32-21-14-16(10-13-20(21)31-2)22(23-18-6-4-5-7-19(18)25(28)34-23)33-24(27)15-8-11-17(12-9-15)26(29)30/h4-14,22-23H,3H2,1-2H3. The minimum absolute atomic E-state index is 0.117. The highest BCUT2D eigenvalue weighted by molar-refractivity contribution is 5.94. The fourth-order valence-corrected chi connectivity index (χ4v) is 3.74. The summed E-state index contributed by atoms with van der Waals surface area (Å²) in [4.78, 5) is 35.8. The molecule has 1 aliphatic rings. The van der Waals surface area contributed by atoms with Gasteiger partial charge in [0.1, 0.15) is 0 Å². The van der Waals surface area contributed by atoms with Crippen LogP contribution in [-0.4, -0.2) is 30.6 Å². The van der Waals surface area contributed by atoms with E-state index >= 15 is 0 Å². The summed E-state index contributed by atoms with van der Waals surface area (Å²) in [6, 6.07) is 17.0. The Morgan fingerprint density at radius 2 is 1.82 bits per heavy atom. The zero-order valence-corrected chi connectivity index (χ0v) is 18.4. The number of non-ortho nitro benzene ring substituents is 1. The van der Waals surface area contributed by atoms with Crippen LogP contribution in [0.25, 0.3) is 0 Å². The molecule has 9 heteroatoms. The molecule has 0 radical (unpaired) electrons. The molecule has 0 aliphatic carbocycles. The van der Waals surface area contributed by atoms with Crippen LogP contribution in [0.3, 0.4) is 0 Å². The van der Waals surface area contributed by atoms with Crippen molar-refractivity contribution in [1.29, 1.82) is 0 Å². The van der Waals surface area contributed by atoms with Gasteiger partial charge in [0.2, 0.25) is 0 Å². The van der Waals surface area contributed by atoms with Crippen LogP contribution in [0.5, 0.6) is 11.5 Å². The lowest BCUT2D eigenvalue weighted by atomic mass is 9.96. The topological polar surface area (TPSA) is 114 Å². The van der Waals surface area contributed by atoms with Gasteiger partial charge in [-0.25, -0.2) is 9.59 Å². The normalized spacial score (nSPS) is 15.1. The van der Waals surface area contributed by atoms with Crippen molar-refractivity contribution in [3.63, 3.8) is 0 Å². The number of nitrogens with zero attached hydrogens (tertiary/aromatic N) is 1. The maximum atomic E-state index is 13.0. The van der Waals surface area contributed by atoms with Crippen LogP contribution in [0, 0.1) is 10.1 Å². The fourth-order valence-electron chi connectivity index (χ4n) is 3.74. The summed E-state index contributed by atoms with van der Waals surface area (Å²) in [5.74, 6) is -0.309. The van der Waals surface area contributed by atoms with Crippen molar-refractivity contribution in [1.82, 2.24) is 0 Å². The molecule has 34 heavy (non-hydrogen) atoms. The molecular weight excluding hydrogens is 442 g/mol. The number of ether oxygens (including phenoxy) is 4. The van der Waals surface area contributed by atoms with Crippen molar-refractivity contribution < 1.29 is 33.5 Å². The lowest BCUT2D eigenvalue weighted by Gasteiger charge is -2.25. The molecular formula is C25H21NO8. The molecule has 3 aromatic carbocycles. The zero-order valence-electron chi connectivity index (χ0n) is 18.4. The summed E-state index contributed by atoms with van der Waals surface area (Å²) in [7, 11) is 1.51. The highest BCUT2D eigenvalue weighted by Crippen LogP contribution is 2.44. The summed E-state index contributed by atoms with van der Waals surface area (Å²) < 4.78 is 22.5. The Morgan fingerprint density at radius 1 is 1.09 bits per heavy atom. The number of esters is 2. The minimum Gasteiger partial charge on any atom is -0.493 e. The first-order valence-electron chi connectivity index (χ1n) is 10.5. The molecule has 0 aromatic heterocycles. The molecule has 2 unspecified atom stereocenters. The van der Waals surface area contributed by atoms with E-state index in [0.29, 0.717) is 34.8 Å². The van der Waals surface area contributed by atoms with Gasteiger partial charge in [-0.15, -0.1) is 0 Å². The molecule has 2 atom stereocenters. The number of carbonyl (C=O) groups is 2. The van der Waals surface area contributed by atoms with Crippen LogP contribution in [0.4, 0.5) is 5.69 Å². The SMILES string of the molecule is CCOc1cc(C(OC(=O)c2ccc([N+](=O)[O-])cc2)C2OC(=O)c3ccccc32)ccc1OC. The molecule has 0 bridgehead atoms. The van der Waals surface area contributed by atoms with E-state index in [0.717, 1.165) is 0 Å². The quantitative estimate of drug-likeness (QED) is 0.266. The second kappa shape index (κ2) is 9.62. The second-order valence-electron chi connectivity index (χ2n) is 7.39. The van der Waals surface area contributed by atoms with E-state index < -0.39 is 29.1 Å². The molecule has 0 saturated carbocycles. The van der Waals surface area contributed by atoms with E-state index in [9.17, 15) is 19.7 Å². The summed E-state index contributed by atoms with van der Waals surface area (Å²) in [6.07, 6.45) is -1.91. The summed E-state index contributed by atoms with van der Waals surface area (Å²) in [5, 5.41) is 10.9. The number of benzene rings is 3. The van der Waals surface area contributed by atoms with Gasteiger partial charge in [0.15, 0.2) is 23.7 Å². The van der Waals surface area contributed by atoms with Gasteiger partial charge in [0, 0.05) is 23.3 Å². The third-order valence-corrected chi connectivity index (χ3v) is 5.36. The van der Waals surface area contributed by atoms with Crippen LogP contribution < -0.4 is 9.47 Å². The van der Waals surface area contributed by atoms with E-state index in [2.05, 4.69) is 0 Å². The van der Waals surface area contributed by atoms with E-state index in [1.807, 2.05) is 6.92 Å². The smallest absolute Gasteiger partial charge is 0.339 e. The van der Waals surface area contributed by atoms with Crippen molar-refractivity contribution in [3.8, 4) is 11.5 Å². The van der Waals surface area contributed by atoms with E-state index in [1.54, 1.807) is 42.5 Å². The fraction of sp³-hybridized carbons (Fsp3) is 0.200. The van der Waals surface area contributed by atoms with Gasteiger partial charge in [-0.2, -0.15) is 0 Å². The Kier molecular flexibility index (Phi) is 6.44. The van der Waals surface area contributed by atoms with Gasteiger partial charge in [-0.1, -0.05) is 24.3 Å². The van der Waals surface area contributed by atoms with Crippen LogP contribution in [0.2, 0.25) is 0 Å². The third-order valence-electron chi connectivity index (χ3n) is 5.36. The van der Waals surface area contributed by atoms with Gasteiger partial charge in [0.05, 0.1) is 29.8 Å². The predicted molar refractivity (Wildman–Crippen MR) is 120 cm³/mol. The molecule has 0 saturated heterocycles. The number of methoxy groups -OCH3 is 1. The van der Waals surface area contributed by atoms with Crippen LogP contribution in [-0.2, 0) is 9.47 Å². The van der Waals surface area contributed by atoms with Gasteiger partial charge < -0.3 is 18.9 Å². The Labute approximate surface area is 195 Å². The Hall–Kier alpha value is -4.40. The van der Waals surface area contributed by atoms with E-state index in [1.165, 1.54) is 31.4 Å². The van der Waals surface area contributed by atoms with Crippen LogP contribution in [0.15, 0.2) is 66.7 Å². The Morgan fingerprint density at radius 3 is 2.50 bits per heavy atom. The average Bonchev–Trinajstić information content (AvgIpc) is 3.19. The predicted octanol–water partition coefficient (Wildman–Crippen LogP) is 4.81. The largest absolute Gasteiger partial charge is 0.493 e. The number of nitro benzene ring substituents is 1. The van der Waals surface area contributed by atoms with Crippen molar-refractivity contribution >= 4 is 17.6 Å². The number of hydrogen-bond donors (Lipinski definition) is 0. The van der Waals surface area contributed by atoms with Gasteiger partial charge in [0.25, 0.3) is 5.69 Å². The van der Waals surface area contributed by atoms with Crippen molar-refractivity contribution in [2.24, 2.45) is 0 Å². The van der Waals surface area contributed by atoms with E-state index in [4.69, 9.17) is 18.9 Å². The number of fused-ring (bicyclic) bond motifs is 1. The maximum absolute atomic E-state index is 13.0. The van der Waals surface area contributed by atoms with E-state index in [-0.39, 0.29) is 11.3 Å². The number of cyclic esters (lactones) is 1. The van der Waals surface area contributed by atoms with Gasteiger partial charge >= 0.3 is 11.9 Å². The zero-order chi connectivity index (χ0) is 24.2. The minimum atomic E-state index is -1.01. The summed E-state index contributed by atoms with van der Waals surface area (Å²) in [6.45, 7) is 2.21. The van der Waals surface area contributed by atoms with Crippen LogP contribution in [0.1, 0.15) is 51.0 Å². The molecule has 0 fully saturated rings. The maximum Gasteiger partial charge on any atom is 0.339 e. The molecule has 4 rings (SSSR count). The monoisotopic (exact) mass is 463 g/mol. The Bertz CT molecular complexity index is 1240. The molecule has 0 N–H and O–H groups in total. The second-order valence-corrected chi connectivity index (χ2v) is 7.39. The Balaban J connectivity index is 1.73. The lowest BCUT2D eigenvalue weighted by Crippen LogP contribution is -2.19. The van der Waals surface area contributed by atoms with Crippen molar-refractivity contribution in [2.45, 2.75) is 19.1 Å². The average molecular weight is 463 g/mol. The molecule has 0 amide bonds. The van der Waals surface area contributed by atoms with Crippen molar-refractivity contribution in [2.75, 3.05) is 13.7 Å². The molecule has 0 spiro atoms. The number of rotatable bonds is 8. The highest BCUT2D eigenvalue weighted by Gasteiger charge is 2.40. The summed E-state index contributed by atoms with van der Waals surface area (Å²) >= 11 is 0. The van der Waals surface area contributed by atoms with Gasteiger partial charge in [-0.05, 0) is 37.3 Å². The first-order chi connectivity index (χ1) is 16.4. The number of nitro groups is 1. The lowest BCUT2D eigenvalue weighted by molar-refractivity contribution is -0.384. The molecule has 3 aromatic rings. The number of carbonyl (C=O) groups excluding carboxylic acids is 2. The third kappa shape index (κ3) is 4.40.